The minimum Gasteiger partial charge on any atom is -0.480 e. The van der Waals surface area contributed by atoms with Crippen molar-refractivity contribution in [2.24, 2.45) is 0 Å². The van der Waals surface area contributed by atoms with Gasteiger partial charge in [0, 0.05) is 16.0 Å². The maximum Gasteiger partial charge on any atom is 0.344 e. The van der Waals surface area contributed by atoms with Gasteiger partial charge in [-0.25, -0.2) is 9.78 Å². The molecule has 1 N–H and O–H groups in total. The van der Waals surface area contributed by atoms with E-state index >= 15 is 0 Å². The summed E-state index contributed by atoms with van der Waals surface area (Å²) in [4.78, 5) is 28.4. The molecule has 0 atom stereocenters. The van der Waals surface area contributed by atoms with Gasteiger partial charge in [-0.3, -0.25) is 10.1 Å². The monoisotopic (exact) mass is 512 g/mol. The molecule has 1 heterocycles. The molecule has 4 rings (SSSR count). The van der Waals surface area contributed by atoms with Gasteiger partial charge in [0.05, 0.1) is 10.7 Å². The van der Waals surface area contributed by atoms with E-state index in [9.17, 15) is 9.59 Å². The Balaban J connectivity index is 1.26. The number of amides is 1. The Hall–Kier alpha value is -3.39. The number of aromatic nitrogens is 1. The van der Waals surface area contributed by atoms with Crippen LogP contribution in [0.4, 0.5) is 5.13 Å². The molecular weight excluding hydrogens is 495 g/mol. The molecule has 1 aromatic heterocycles. The quantitative estimate of drug-likeness (QED) is 0.278. The summed E-state index contributed by atoms with van der Waals surface area (Å²) < 4.78 is 10.2. The zero-order valence-electron chi connectivity index (χ0n) is 17.7. The van der Waals surface area contributed by atoms with Crippen LogP contribution in [-0.2, 0) is 14.3 Å². The first-order chi connectivity index (χ1) is 16.5. The zero-order chi connectivity index (χ0) is 23.9. The number of carbonyl (C=O) groups excluding carboxylic acids is 2. The highest BCUT2D eigenvalue weighted by atomic mass is 35.5. The Morgan fingerprint density at radius 2 is 1.59 bits per heavy atom. The van der Waals surface area contributed by atoms with Crippen molar-refractivity contribution < 1.29 is 19.1 Å². The molecule has 0 saturated heterocycles. The first-order valence-electron chi connectivity index (χ1n) is 10.1. The molecule has 0 spiro atoms. The van der Waals surface area contributed by atoms with E-state index in [0.717, 1.165) is 22.4 Å². The summed E-state index contributed by atoms with van der Waals surface area (Å²) in [5.74, 6) is -0.919. The zero-order valence-corrected chi connectivity index (χ0v) is 20.0. The van der Waals surface area contributed by atoms with Crippen molar-refractivity contribution in [1.82, 2.24) is 4.98 Å². The van der Waals surface area contributed by atoms with Crippen LogP contribution in [0.1, 0.15) is 0 Å². The van der Waals surface area contributed by atoms with Gasteiger partial charge < -0.3 is 9.47 Å². The molecule has 4 aromatic rings. The predicted molar refractivity (Wildman–Crippen MR) is 135 cm³/mol. The Bertz CT molecular complexity index is 1290. The molecule has 0 unspecified atom stereocenters. The Morgan fingerprint density at radius 3 is 2.32 bits per heavy atom. The minimum atomic E-state index is -0.709. The number of halogens is 2. The van der Waals surface area contributed by atoms with Gasteiger partial charge in [-0.1, -0.05) is 77.8 Å². The number of hydrogen-bond donors (Lipinski definition) is 1. The first kappa shape index (κ1) is 23.8. The second kappa shape index (κ2) is 11.2. The molecule has 3 aromatic carbocycles. The third-order valence-electron chi connectivity index (χ3n) is 4.64. The van der Waals surface area contributed by atoms with Gasteiger partial charge >= 0.3 is 5.97 Å². The average molecular weight is 513 g/mol. The lowest BCUT2D eigenvalue weighted by atomic mass is 10.0. The van der Waals surface area contributed by atoms with Crippen molar-refractivity contribution in [3.63, 3.8) is 0 Å². The highest BCUT2D eigenvalue weighted by Crippen LogP contribution is 2.28. The second-order valence-electron chi connectivity index (χ2n) is 7.05. The Morgan fingerprint density at radius 1 is 0.882 bits per heavy atom. The van der Waals surface area contributed by atoms with Crippen molar-refractivity contribution in [1.29, 1.82) is 0 Å². The summed E-state index contributed by atoms with van der Waals surface area (Å²) in [5, 5.41) is 5.61. The van der Waals surface area contributed by atoms with Crippen LogP contribution in [0, 0.1) is 0 Å². The molecule has 34 heavy (non-hydrogen) atoms. The SMILES string of the molecule is O=C(COC(=O)COc1ccc(Cl)cc1Cl)Nc1nc(-c2ccc(-c3ccccc3)cc2)cs1. The second-order valence-corrected chi connectivity index (χ2v) is 8.76. The number of rotatable bonds is 8. The van der Waals surface area contributed by atoms with E-state index in [0.29, 0.717) is 15.9 Å². The smallest absolute Gasteiger partial charge is 0.344 e. The molecule has 0 radical (unpaired) electrons. The van der Waals surface area contributed by atoms with Crippen LogP contribution in [0.5, 0.6) is 5.75 Å². The van der Waals surface area contributed by atoms with E-state index in [4.69, 9.17) is 32.7 Å². The maximum absolute atomic E-state index is 12.1. The predicted octanol–water partition coefficient (Wildman–Crippen LogP) is 6.34. The van der Waals surface area contributed by atoms with E-state index in [2.05, 4.69) is 22.4 Å². The van der Waals surface area contributed by atoms with Crippen LogP contribution < -0.4 is 10.1 Å². The molecule has 0 fully saturated rings. The number of anilines is 1. The highest BCUT2D eigenvalue weighted by molar-refractivity contribution is 7.14. The summed E-state index contributed by atoms with van der Waals surface area (Å²) >= 11 is 13.1. The highest BCUT2D eigenvalue weighted by Gasteiger charge is 2.12. The first-order valence-corrected chi connectivity index (χ1v) is 11.8. The van der Waals surface area contributed by atoms with Gasteiger partial charge in [-0.05, 0) is 29.3 Å². The van der Waals surface area contributed by atoms with E-state index in [1.54, 1.807) is 12.1 Å². The molecule has 0 bridgehead atoms. The van der Waals surface area contributed by atoms with E-state index in [1.165, 1.54) is 17.4 Å². The average Bonchev–Trinajstić information content (AvgIpc) is 3.31. The third-order valence-corrected chi connectivity index (χ3v) is 5.93. The lowest BCUT2D eigenvalue weighted by Gasteiger charge is -2.08. The number of esters is 1. The van der Waals surface area contributed by atoms with Crippen LogP contribution in [0.25, 0.3) is 22.4 Å². The van der Waals surface area contributed by atoms with Crippen LogP contribution in [0.3, 0.4) is 0 Å². The van der Waals surface area contributed by atoms with Gasteiger partial charge in [0.15, 0.2) is 18.3 Å². The maximum atomic E-state index is 12.1. The summed E-state index contributed by atoms with van der Waals surface area (Å²) in [6, 6.07) is 22.7. The number of carbonyl (C=O) groups is 2. The number of nitrogens with one attached hydrogen (secondary N) is 1. The van der Waals surface area contributed by atoms with Crippen molar-refractivity contribution >= 4 is 51.5 Å². The van der Waals surface area contributed by atoms with Gasteiger partial charge in [0.1, 0.15) is 5.75 Å². The van der Waals surface area contributed by atoms with Crippen LogP contribution >= 0.6 is 34.5 Å². The van der Waals surface area contributed by atoms with Gasteiger partial charge in [0.2, 0.25) is 0 Å². The molecule has 0 aliphatic rings. The van der Waals surface area contributed by atoms with Gasteiger partial charge in [-0.2, -0.15) is 0 Å². The lowest BCUT2D eigenvalue weighted by Crippen LogP contribution is -2.23. The normalized spacial score (nSPS) is 10.5. The van der Waals surface area contributed by atoms with E-state index in [-0.39, 0.29) is 5.02 Å². The van der Waals surface area contributed by atoms with Crippen LogP contribution in [0.2, 0.25) is 10.0 Å². The van der Waals surface area contributed by atoms with E-state index < -0.39 is 25.1 Å². The summed E-state index contributed by atoms with van der Waals surface area (Å²) in [6.45, 7) is -0.855. The van der Waals surface area contributed by atoms with Crippen molar-refractivity contribution in [2.75, 3.05) is 18.5 Å². The number of hydrogen-bond acceptors (Lipinski definition) is 6. The van der Waals surface area contributed by atoms with Gasteiger partial charge in [-0.15, -0.1) is 11.3 Å². The van der Waals surface area contributed by atoms with Crippen molar-refractivity contribution in [3.8, 4) is 28.1 Å². The third kappa shape index (κ3) is 6.35. The molecule has 0 aliphatic carbocycles. The fourth-order valence-corrected chi connectivity index (χ4v) is 4.20. The molecule has 1 amide bonds. The topological polar surface area (TPSA) is 77.5 Å². The van der Waals surface area contributed by atoms with Crippen LogP contribution in [0.15, 0.2) is 78.2 Å². The van der Waals surface area contributed by atoms with E-state index in [1.807, 2.05) is 47.8 Å². The minimum absolute atomic E-state index is 0.271. The number of ether oxygens (including phenoxy) is 2. The van der Waals surface area contributed by atoms with Crippen molar-refractivity contribution in [3.05, 3.63) is 88.2 Å². The van der Waals surface area contributed by atoms with Gasteiger partial charge in [0.25, 0.3) is 5.91 Å². The molecule has 0 saturated carbocycles. The fourth-order valence-electron chi connectivity index (χ4n) is 3.00. The molecule has 6 nitrogen and oxygen atoms in total. The lowest BCUT2D eigenvalue weighted by molar-refractivity contribution is -0.149. The summed E-state index contributed by atoms with van der Waals surface area (Å²) in [7, 11) is 0. The Kier molecular flexibility index (Phi) is 7.80. The molecular formula is C25H18Cl2N2O4S. The summed E-state index contributed by atoms with van der Waals surface area (Å²) in [6.07, 6.45) is 0. The fraction of sp³-hybridized carbons (Fsp3) is 0.0800. The Labute approximate surface area is 210 Å². The number of nitrogens with zero attached hydrogens (tertiary/aromatic N) is 1. The molecule has 172 valence electrons. The largest absolute Gasteiger partial charge is 0.480 e. The standard InChI is InChI=1S/C25H18Cl2N2O4S/c26-19-10-11-22(20(27)12-19)32-14-24(31)33-13-23(30)29-25-28-21(15-34-25)18-8-6-17(7-9-18)16-4-2-1-3-5-16/h1-12,15H,13-14H2,(H,28,29,30). The van der Waals surface area contributed by atoms with Crippen molar-refractivity contribution in [2.45, 2.75) is 0 Å². The molecule has 9 heteroatoms. The molecule has 0 aliphatic heterocycles. The number of benzene rings is 3. The summed E-state index contributed by atoms with van der Waals surface area (Å²) in [5.41, 5.74) is 3.92. The van der Waals surface area contributed by atoms with Crippen LogP contribution in [-0.4, -0.2) is 30.1 Å². The number of thiazole rings is 1.